The first-order valence-electron chi connectivity index (χ1n) is 3.60. The monoisotopic (exact) mass is 395 g/mol. The molecule has 0 aromatic heterocycles. The summed E-state index contributed by atoms with van der Waals surface area (Å²) in [5.41, 5.74) is 9.56. The Labute approximate surface area is 114 Å². The van der Waals surface area contributed by atoms with Crippen molar-refractivity contribution in [3.05, 3.63) is 41.1 Å². The zero-order chi connectivity index (χ0) is 8.27. The van der Waals surface area contributed by atoms with Gasteiger partial charge in [-0.25, -0.2) is 0 Å². The van der Waals surface area contributed by atoms with Crippen LogP contribution in [0, 0.1) is 44.1 Å². The number of halogens is 1. The third kappa shape index (κ3) is 3.75. The quantitative estimate of drug-likeness (QED) is 0.684. The molecule has 0 heterocycles. The van der Waals surface area contributed by atoms with E-state index in [0.29, 0.717) is 5.88 Å². The third-order valence-corrected chi connectivity index (χ3v) is 1.94. The van der Waals surface area contributed by atoms with E-state index in [9.17, 15) is 0 Å². The summed E-state index contributed by atoms with van der Waals surface area (Å²) in [6.45, 7) is 1.86. The number of hydrogen-bond donors (Lipinski definition) is 0. The Balaban J connectivity index is 0.00000121. The first-order chi connectivity index (χ1) is 5.24. The molecule has 0 bridgehead atoms. The molecule has 63 valence electrons. The van der Waals surface area contributed by atoms with Gasteiger partial charge in [0.1, 0.15) is 0 Å². The van der Waals surface area contributed by atoms with Crippen LogP contribution in [0.5, 0.6) is 0 Å². The number of hydrogen-bond acceptors (Lipinski definition) is 0. The summed E-state index contributed by atoms with van der Waals surface area (Å²) < 4.78 is 0. The molecule has 1 N–H and O–H groups in total. The normalized spacial score (nSPS) is 11.9. The Morgan fingerprint density at radius 2 is 1.83 bits per heavy atom. The fraction of sp³-hybridized carbons (Fsp3) is 0.333. The van der Waals surface area contributed by atoms with Crippen LogP contribution in [0.4, 0.5) is 0 Å². The summed E-state index contributed by atoms with van der Waals surface area (Å²) in [6, 6.07) is 7.70. The van der Waals surface area contributed by atoms with Crippen molar-refractivity contribution >= 4 is 11.6 Å². The molecule has 1 aromatic rings. The molecule has 12 heavy (non-hydrogen) atoms. The minimum Gasteiger partial charge on any atom is -0.671 e. The second-order valence-electron chi connectivity index (χ2n) is 2.60. The second kappa shape index (κ2) is 6.38. The van der Waals surface area contributed by atoms with Crippen LogP contribution in [0.3, 0.4) is 0 Å². The van der Waals surface area contributed by atoms with Crippen molar-refractivity contribution in [3.8, 4) is 0 Å². The van der Waals surface area contributed by atoms with Crippen LogP contribution in [-0.2, 0) is 5.88 Å². The number of alkyl halides is 1. The molecule has 1 nitrogen and oxygen atoms in total. The van der Waals surface area contributed by atoms with Gasteiger partial charge in [0.15, 0.2) is 0 Å². The van der Waals surface area contributed by atoms with E-state index in [1.54, 1.807) is 0 Å². The van der Waals surface area contributed by atoms with Crippen LogP contribution < -0.4 is 0 Å². The first kappa shape index (κ1) is 12.9. The van der Waals surface area contributed by atoms with Crippen molar-refractivity contribution in [2.75, 3.05) is 0 Å². The molecule has 0 aliphatic rings. The fourth-order valence-electron chi connectivity index (χ4n) is 0.895. The van der Waals surface area contributed by atoms with Crippen LogP contribution >= 0.6 is 11.6 Å². The van der Waals surface area contributed by atoms with Gasteiger partial charge >= 0.3 is 0 Å². The minimum atomic E-state index is -0.139. The molecule has 1 unspecified atom stereocenters. The molecule has 1 rings (SSSR count). The molecule has 0 aliphatic carbocycles. The van der Waals surface area contributed by atoms with Crippen LogP contribution in [-0.4, -0.2) is 0 Å². The Morgan fingerprint density at radius 3 is 2.17 bits per heavy atom. The molecule has 1 atom stereocenters. The summed E-state index contributed by atoms with van der Waals surface area (Å²) in [5.74, 6) is 0.548. The van der Waals surface area contributed by atoms with Crippen molar-refractivity contribution in [1.82, 2.24) is 0 Å². The molecule has 0 spiro atoms. The Bertz CT molecular complexity index is 220. The van der Waals surface area contributed by atoms with Gasteiger partial charge in [0.25, 0.3) is 0 Å². The van der Waals surface area contributed by atoms with E-state index < -0.39 is 0 Å². The second-order valence-corrected chi connectivity index (χ2v) is 2.86. The van der Waals surface area contributed by atoms with E-state index in [1.165, 1.54) is 0 Å². The van der Waals surface area contributed by atoms with Crippen LogP contribution in [0.15, 0.2) is 24.3 Å². The largest absolute Gasteiger partial charge is 0.671 e. The topological polar surface area (TPSA) is 23.8 Å². The number of nitrogens with one attached hydrogen (secondary N) is 1. The SMILES string of the molecule is CC([NH-])c1ccc(CCl)cc1.[Ac]. The van der Waals surface area contributed by atoms with E-state index in [4.69, 9.17) is 17.3 Å². The van der Waals surface area contributed by atoms with Crippen molar-refractivity contribution in [2.24, 2.45) is 0 Å². The minimum absolute atomic E-state index is 0. The van der Waals surface area contributed by atoms with E-state index in [1.807, 2.05) is 31.2 Å². The molecule has 0 fully saturated rings. The molecule has 0 saturated carbocycles. The molecule has 1 aromatic carbocycles. The molecular formula is C9H11AcClN-. The van der Waals surface area contributed by atoms with Crippen LogP contribution in [0.2, 0.25) is 0 Å². The standard InChI is InChI=1S/C9H11ClN.Ac/c1-7(11)9-4-2-8(6-10)3-5-9;/h2-5,7,11H,6H2,1H3;/q-1;. The third-order valence-electron chi connectivity index (χ3n) is 1.63. The fourth-order valence-corrected chi connectivity index (χ4v) is 1.07. The van der Waals surface area contributed by atoms with Crippen molar-refractivity contribution in [3.63, 3.8) is 0 Å². The van der Waals surface area contributed by atoms with Gasteiger partial charge in [-0.3, -0.25) is 0 Å². The summed E-state index contributed by atoms with van der Waals surface area (Å²) in [4.78, 5) is 0. The molecule has 1 radical (unpaired) electrons. The van der Waals surface area contributed by atoms with Crippen molar-refractivity contribution in [1.29, 1.82) is 0 Å². The van der Waals surface area contributed by atoms with E-state index >= 15 is 0 Å². The zero-order valence-corrected chi connectivity index (χ0v) is 12.6. The van der Waals surface area contributed by atoms with Gasteiger partial charge in [0.2, 0.25) is 0 Å². The molecule has 0 aliphatic heterocycles. The van der Waals surface area contributed by atoms with Gasteiger partial charge in [-0.1, -0.05) is 36.8 Å². The van der Waals surface area contributed by atoms with Gasteiger partial charge in [0.05, 0.1) is 0 Å². The van der Waals surface area contributed by atoms with Crippen LogP contribution in [0.1, 0.15) is 24.1 Å². The van der Waals surface area contributed by atoms with Gasteiger partial charge < -0.3 is 5.73 Å². The number of rotatable bonds is 2. The predicted octanol–water partition coefficient (Wildman–Crippen LogP) is 3.54. The smallest absolute Gasteiger partial charge is 0.0474 e. The maximum Gasteiger partial charge on any atom is 0.0474 e. The van der Waals surface area contributed by atoms with E-state index in [2.05, 4.69) is 0 Å². The van der Waals surface area contributed by atoms with Crippen molar-refractivity contribution in [2.45, 2.75) is 18.8 Å². The number of benzene rings is 1. The summed E-state index contributed by atoms with van der Waals surface area (Å²) >= 11 is 5.61. The van der Waals surface area contributed by atoms with Gasteiger partial charge in [-0.05, 0) is 5.56 Å². The zero-order valence-electron chi connectivity index (χ0n) is 7.05. The average molecular weight is 396 g/mol. The van der Waals surface area contributed by atoms with Crippen molar-refractivity contribution < 1.29 is 44.1 Å². The Kier molecular flexibility index (Phi) is 6.86. The average Bonchev–Trinajstić information content (AvgIpc) is 2.05. The van der Waals surface area contributed by atoms with Gasteiger partial charge in [-0.15, -0.1) is 17.6 Å². The first-order valence-corrected chi connectivity index (χ1v) is 4.13. The van der Waals surface area contributed by atoms with E-state index in [0.717, 1.165) is 11.1 Å². The molecule has 0 amide bonds. The van der Waals surface area contributed by atoms with Gasteiger partial charge in [-0.2, -0.15) is 0 Å². The molecular weight excluding hydrogens is 385 g/mol. The summed E-state index contributed by atoms with van der Waals surface area (Å²) in [5, 5.41) is 0. The summed E-state index contributed by atoms with van der Waals surface area (Å²) in [7, 11) is 0. The molecule has 0 saturated heterocycles. The Hall–Kier alpha value is 0.912. The van der Waals surface area contributed by atoms with E-state index in [-0.39, 0.29) is 50.1 Å². The van der Waals surface area contributed by atoms with Crippen LogP contribution in [0.25, 0.3) is 5.73 Å². The summed E-state index contributed by atoms with van der Waals surface area (Å²) in [6.07, 6.45) is 0. The Morgan fingerprint density at radius 1 is 1.33 bits per heavy atom. The maximum atomic E-state index is 7.41. The predicted molar refractivity (Wildman–Crippen MR) is 48.7 cm³/mol. The van der Waals surface area contributed by atoms with Gasteiger partial charge in [0, 0.05) is 49.9 Å². The molecule has 3 heteroatoms. The maximum absolute atomic E-state index is 7.41.